The number of piperidine rings is 1. The Labute approximate surface area is 173 Å². The Bertz CT molecular complexity index is 861. The van der Waals surface area contributed by atoms with E-state index in [0.29, 0.717) is 17.9 Å². The predicted octanol–water partition coefficient (Wildman–Crippen LogP) is 3.40. The van der Waals surface area contributed by atoms with Crippen LogP contribution >= 0.6 is 0 Å². The highest BCUT2D eigenvalue weighted by Gasteiger charge is 2.62. The van der Waals surface area contributed by atoms with E-state index in [-0.39, 0.29) is 30.5 Å². The van der Waals surface area contributed by atoms with Crippen LogP contribution in [0.25, 0.3) is 0 Å². The van der Waals surface area contributed by atoms with Gasteiger partial charge in [-0.3, -0.25) is 9.69 Å². The van der Waals surface area contributed by atoms with Gasteiger partial charge >= 0.3 is 6.18 Å². The maximum Gasteiger partial charge on any atom is 0.416 e. The summed E-state index contributed by atoms with van der Waals surface area (Å²) in [7, 11) is 0. The maximum atomic E-state index is 13.5. The minimum Gasteiger partial charge on any atom is -0.470 e. The minimum atomic E-state index is -4.42. The highest BCUT2D eigenvalue weighted by Crippen LogP contribution is 2.55. The molecule has 0 bridgehead atoms. The van der Waals surface area contributed by atoms with E-state index in [0.717, 1.165) is 50.8 Å². The first kappa shape index (κ1) is 20.1. The van der Waals surface area contributed by atoms with Crippen LogP contribution in [-0.4, -0.2) is 52.3 Å². The summed E-state index contributed by atoms with van der Waals surface area (Å²) in [6.45, 7) is 3.78. The Balaban J connectivity index is 1.38. The Morgan fingerprint density at radius 1 is 1.27 bits per heavy atom. The number of carbonyl (C=O) groups excluding carboxylic acids is 1. The second kappa shape index (κ2) is 6.85. The molecule has 5 atom stereocenters. The van der Waals surface area contributed by atoms with Crippen molar-refractivity contribution in [3.8, 4) is 5.75 Å². The maximum absolute atomic E-state index is 13.5. The fourth-order valence-electron chi connectivity index (χ4n) is 6.06. The molecule has 1 spiro atoms. The fraction of sp³-hybridized carbons (Fsp3) is 0.682. The molecular weight excluding hydrogens is 397 g/mol. The molecule has 5 rings (SSSR count). The summed E-state index contributed by atoms with van der Waals surface area (Å²) >= 11 is 0. The van der Waals surface area contributed by atoms with Gasteiger partial charge in [-0.15, -0.1) is 0 Å². The number of carbonyl (C=O) groups is 1. The number of nitrogens with zero attached hydrogens (tertiary/aromatic N) is 2. The molecule has 1 amide bonds. The summed E-state index contributed by atoms with van der Waals surface area (Å²) < 4.78 is 45.4. The van der Waals surface area contributed by atoms with E-state index in [1.165, 1.54) is 6.07 Å². The van der Waals surface area contributed by atoms with Crippen molar-refractivity contribution < 1.29 is 27.8 Å². The van der Waals surface area contributed by atoms with E-state index in [9.17, 15) is 23.1 Å². The molecule has 1 saturated carbocycles. The quantitative estimate of drug-likeness (QED) is 0.751. The van der Waals surface area contributed by atoms with Gasteiger partial charge in [-0.25, -0.2) is 0 Å². The van der Waals surface area contributed by atoms with Crippen LogP contribution in [0.5, 0.6) is 5.75 Å². The molecular formula is C22H27F3N2O3. The lowest BCUT2D eigenvalue weighted by atomic mass is 9.76. The topological polar surface area (TPSA) is 53.0 Å². The number of hydrogen-bond donors (Lipinski definition) is 1. The zero-order valence-corrected chi connectivity index (χ0v) is 17.0. The second-order valence-electron chi connectivity index (χ2n) is 9.39. The summed E-state index contributed by atoms with van der Waals surface area (Å²) in [5.74, 6) is 0.401. The van der Waals surface area contributed by atoms with Gasteiger partial charge in [-0.2, -0.15) is 13.2 Å². The van der Waals surface area contributed by atoms with Crippen LogP contribution in [0, 0.1) is 11.3 Å². The molecule has 1 aromatic carbocycles. The number of halogens is 3. The first-order valence-corrected chi connectivity index (χ1v) is 10.8. The predicted molar refractivity (Wildman–Crippen MR) is 102 cm³/mol. The molecule has 5 nitrogen and oxygen atoms in total. The lowest BCUT2D eigenvalue weighted by Gasteiger charge is -2.36. The normalized spacial score (nSPS) is 36.7. The van der Waals surface area contributed by atoms with Gasteiger partial charge in [-0.1, -0.05) is 6.92 Å². The highest BCUT2D eigenvalue weighted by atomic mass is 19.4. The number of alkyl halides is 3. The van der Waals surface area contributed by atoms with Crippen LogP contribution in [0.15, 0.2) is 18.2 Å². The molecule has 2 unspecified atom stereocenters. The first-order valence-electron chi connectivity index (χ1n) is 10.8. The highest BCUT2D eigenvalue weighted by molar-refractivity contribution is 5.86. The average Bonchev–Trinajstić information content (AvgIpc) is 3.24. The summed E-state index contributed by atoms with van der Waals surface area (Å²) in [5, 5.41) is 10.0. The molecule has 8 heteroatoms. The third-order valence-corrected chi connectivity index (χ3v) is 7.74. The van der Waals surface area contributed by atoms with Crippen LogP contribution in [0.3, 0.4) is 0 Å². The molecule has 1 aliphatic carbocycles. The zero-order valence-electron chi connectivity index (χ0n) is 17.0. The fourth-order valence-corrected chi connectivity index (χ4v) is 6.06. The molecule has 164 valence electrons. The van der Waals surface area contributed by atoms with E-state index in [4.69, 9.17) is 4.74 Å². The Morgan fingerprint density at radius 3 is 2.80 bits per heavy atom. The Hall–Kier alpha value is -1.80. The third-order valence-electron chi connectivity index (χ3n) is 7.74. The summed E-state index contributed by atoms with van der Waals surface area (Å²) in [5.41, 5.74) is -0.846. The van der Waals surface area contributed by atoms with E-state index >= 15 is 0 Å². The molecule has 3 fully saturated rings. The molecule has 1 N–H and O–H groups in total. The van der Waals surface area contributed by atoms with E-state index in [1.54, 1.807) is 4.90 Å². The van der Waals surface area contributed by atoms with Crippen molar-refractivity contribution in [1.82, 2.24) is 9.80 Å². The zero-order chi connectivity index (χ0) is 21.3. The molecule has 1 aromatic rings. The average molecular weight is 424 g/mol. The summed E-state index contributed by atoms with van der Waals surface area (Å²) in [6.07, 6.45) is -1.01. The Morgan fingerprint density at radius 2 is 2.07 bits per heavy atom. The molecule has 4 aliphatic rings. The smallest absolute Gasteiger partial charge is 0.416 e. The van der Waals surface area contributed by atoms with E-state index in [1.807, 2.05) is 6.92 Å². The summed E-state index contributed by atoms with van der Waals surface area (Å²) in [4.78, 5) is 17.5. The lowest BCUT2D eigenvalue weighted by Crippen LogP contribution is -2.45. The van der Waals surface area contributed by atoms with Crippen molar-refractivity contribution in [3.05, 3.63) is 29.3 Å². The van der Waals surface area contributed by atoms with Crippen molar-refractivity contribution in [2.75, 3.05) is 13.1 Å². The molecule has 0 radical (unpaired) electrons. The van der Waals surface area contributed by atoms with E-state index < -0.39 is 23.4 Å². The number of amides is 1. The van der Waals surface area contributed by atoms with Gasteiger partial charge in [0.1, 0.15) is 5.75 Å². The standard InChI is InChI=1S/C22H27F3N2O3/c1-13-19-27(11-14-9-15(22(23,24)25)4-5-18(14)30-19)20(29)21(13)7-6-16(10-21)26-8-2-3-17(28)12-26/h4-5,9,13,16-17,19,28H,2-3,6-8,10-12H2,1H3/t13?,16-,17-,19?,21+/m1/s1. The SMILES string of the molecule is CC1C2Oc3ccc(C(F)(F)F)cc3CN2C(=O)[C@]12CC[C@@H](N1CCC[C@@H](O)C1)C2. The number of ether oxygens (including phenoxy) is 1. The monoisotopic (exact) mass is 424 g/mol. The van der Waals surface area contributed by atoms with Crippen LogP contribution in [0.4, 0.5) is 13.2 Å². The first-order chi connectivity index (χ1) is 14.2. The lowest BCUT2D eigenvalue weighted by molar-refractivity contribution is -0.140. The van der Waals surface area contributed by atoms with Gasteiger partial charge in [0, 0.05) is 24.1 Å². The van der Waals surface area contributed by atoms with Crippen LogP contribution in [0.2, 0.25) is 0 Å². The number of fused-ring (bicyclic) bond motifs is 2. The molecule has 30 heavy (non-hydrogen) atoms. The number of aliphatic hydroxyl groups is 1. The minimum absolute atomic E-state index is 0.00289. The number of likely N-dealkylation sites (tertiary alicyclic amines) is 1. The van der Waals surface area contributed by atoms with Crippen LogP contribution in [0.1, 0.15) is 50.2 Å². The Kier molecular flexibility index (Phi) is 4.60. The van der Waals surface area contributed by atoms with Crippen molar-refractivity contribution in [2.24, 2.45) is 11.3 Å². The van der Waals surface area contributed by atoms with Crippen molar-refractivity contribution in [3.63, 3.8) is 0 Å². The second-order valence-corrected chi connectivity index (χ2v) is 9.39. The summed E-state index contributed by atoms with van der Waals surface area (Å²) in [6, 6.07) is 3.77. The van der Waals surface area contributed by atoms with Gasteiger partial charge in [0.25, 0.3) is 0 Å². The van der Waals surface area contributed by atoms with Gasteiger partial charge in [-0.05, 0) is 56.8 Å². The molecule has 0 aromatic heterocycles. The van der Waals surface area contributed by atoms with Gasteiger partial charge in [0.05, 0.1) is 23.6 Å². The number of benzene rings is 1. The van der Waals surface area contributed by atoms with Crippen molar-refractivity contribution in [1.29, 1.82) is 0 Å². The van der Waals surface area contributed by atoms with Crippen molar-refractivity contribution in [2.45, 2.75) is 70.1 Å². The van der Waals surface area contributed by atoms with E-state index in [2.05, 4.69) is 4.90 Å². The number of β-amino-alcohol motifs (C(OH)–C–C–N with tert-alkyl or cyclic N) is 1. The molecule has 3 heterocycles. The number of aliphatic hydroxyl groups excluding tert-OH is 1. The van der Waals surface area contributed by atoms with Gasteiger partial charge < -0.3 is 14.7 Å². The largest absolute Gasteiger partial charge is 0.470 e. The third kappa shape index (κ3) is 3.02. The van der Waals surface area contributed by atoms with Crippen LogP contribution < -0.4 is 4.74 Å². The molecule has 2 saturated heterocycles. The number of hydrogen-bond acceptors (Lipinski definition) is 4. The van der Waals surface area contributed by atoms with Crippen molar-refractivity contribution >= 4 is 5.91 Å². The number of rotatable bonds is 1. The molecule has 3 aliphatic heterocycles. The van der Waals surface area contributed by atoms with Gasteiger partial charge in [0.2, 0.25) is 5.91 Å². The van der Waals surface area contributed by atoms with Crippen LogP contribution in [-0.2, 0) is 17.5 Å². The van der Waals surface area contributed by atoms with Gasteiger partial charge in [0.15, 0.2) is 6.23 Å².